The van der Waals surface area contributed by atoms with Crippen molar-refractivity contribution in [1.82, 2.24) is 9.80 Å². The number of amides is 1. The van der Waals surface area contributed by atoms with Crippen molar-refractivity contribution in [2.75, 3.05) is 39.4 Å². The number of carbonyl (C=O) groups is 1. The summed E-state index contributed by atoms with van der Waals surface area (Å²) >= 11 is 0. The summed E-state index contributed by atoms with van der Waals surface area (Å²) in [6.07, 6.45) is 3.92. The maximum Gasteiger partial charge on any atom is 0.269 e. The largest absolute Gasteiger partial charge is 0.378 e. The highest BCUT2D eigenvalue weighted by molar-refractivity contribution is 5.82. The summed E-state index contributed by atoms with van der Waals surface area (Å²) in [4.78, 5) is 27.4. The lowest BCUT2D eigenvalue weighted by Gasteiger charge is -2.38. The van der Waals surface area contributed by atoms with Gasteiger partial charge in [0.05, 0.1) is 24.2 Å². The molecule has 1 aromatic carbocycles. The molecule has 0 bridgehead atoms. The lowest BCUT2D eigenvalue weighted by Crippen LogP contribution is -2.53. The smallest absolute Gasteiger partial charge is 0.269 e. The predicted molar refractivity (Wildman–Crippen MR) is 93.4 cm³/mol. The van der Waals surface area contributed by atoms with E-state index in [0.717, 1.165) is 44.3 Å². The van der Waals surface area contributed by atoms with Gasteiger partial charge in [0, 0.05) is 31.8 Å². The van der Waals surface area contributed by atoms with E-state index in [4.69, 9.17) is 4.74 Å². The van der Waals surface area contributed by atoms with E-state index in [1.165, 1.54) is 0 Å². The molecule has 2 saturated heterocycles. The van der Waals surface area contributed by atoms with Gasteiger partial charge in [-0.1, -0.05) is 18.6 Å². The molecule has 0 aliphatic carbocycles. The topological polar surface area (TPSA) is 75.9 Å². The van der Waals surface area contributed by atoms with E-state index in [2.05, 4.69) is 4.90 Å². The first-order chi connectivity index (χ1) is 12.1. The summed E-state index contributed by atoms with van der Waals surface area (Å²) < 4.78 is 5.34. The second-order valence-electron chi connectivity index (χ2n) is 6.66. The molecule has 0 spiro atoms. The minimum atomic E-state index is -0.383. The van der Waals surface area contributed by atoms with Gasteiger partial charge in [0.25, 0.3) is 5.69 Å². The number of nitro benzene ring substituents is 1. The van der Waals surface area contributed by atoms with Crippen molar-refractivity contribution in [2.45, 2.75) is 31.7 Å². The molecule has 25 heavy (non-hydrogen) atoms. The van der Waals surface area contributed by atoms with Gasteiger partial charge in [0.2, 0.25) is 5.91 Å². The van der Waals surface area contributed by atoms with Gasteiger partial charge in [-0.3, -0.25) is 19.8 Å². The number of non-ortho nitro benzene ring substituents is 1. The van der Waals surface area contributed by atoms with Gasteiger partial charge >= 0.3 is 0 Å². The summed E-state index contributed by atoms with van der Waals surface area (Å²) in [6, 6.07) is 6.66. The normalized spacial score (nSPS) is 21.9. The summed E-state index contributed by atoms with van der Waals surface area (Å²) in [5, 5.41) is 10.7. The van der Waals surface area contributed by atoms with Crippen molar-refractivity contribution in [1.29, 1.82) is 0 Å². The van der Waals surface area contributed by atoms with E-state index in [-0.39, 0.29) is 22.6 Å². The maximum absolute atomic E-state index is 12.8. The minimum absolute atomic E-state index is 0.0371. The quantitative estimate of drug-likeness (QED) is 0.600. The summed E-state index contributed by atoms with van der Waals surface area (Å²) in [6.45, 7) is 4.37. The Kier molecular flexibility index (Phi) is 5.99. The standard InChI is InChI=1S/C18H25N3O4/c22-18(20-11-13-25-14-12-20)17-3-1-2-9-19(17)10-8-15-4-6-16(7-5-15)21(23)24/h4-7,17H,1-3,8-14H2/t17-/m1/s1. The number of likely N-dealkylation sites (tertiary alicyclic amines) is 1. The molecule has 136 valence electrons. The second kappa shape index (κ2) is 8.40. The Morgan fingerprint density at radius 3 is 2.56 bits per heavy atom. The molecular formula is C18H25N3O4. The number of hydrogen-bond donors (Lipinski definition) is 0. The van der Waals surface area contributed by atoms with Crippen LogP contribution in [0, 0.1) is 10.1 Å². The summed E-state index contributed by atoms with van der Waals surface area (Å²) in [5.74, 6) is 0.228. The third-order valence-electron chi connectivity index (χ3n) is 5.06. The van der Waals surface area contributed by atoms with E-state index < -0.39 is 0 Å². The third-order valence-corrected chi connectivity index (χ3v) is 5.06. The number of morpholine rings is 1. The van der Waals surface area contributed by atoms with Crippen LogP contribution < -0.4 is 0 Å². The van der Waals surface area contributed by atoms with Crippen molar-refractivity contribution in [2.24, 2.45) is 0 Å². The first kappa shape index (κ1) is 17.8. The van der Waals surface area contributed by atoms with Crippen molar-refractivity contribution < 1.29 is 14.5 Å². The molecule has 0 N–H and O–H groups in total. The van der Waals surface area contributed by atoms with Crippen LogP contribution in [0.25, 0.3) is 0 Å². The molecule has 0 radical (unpaired) electrons. The molecule has 2 aliphatic rings. The molecule has 0 aromatic heterocycles. The van der Waals surface area contributed by atoms with Crippen LogP contribution in [-0.4, -0.2) is 66.1 Å². The van der Waals surface area contributed by atoms with Crippen LogP contribution in [0.5, 0.6) is 0 Å². The first-order valence-electron chi connectivity index (χ1n) is 8.99. The summed E-state index contributed by atoms with van der Waals surface area (Å²) in [7, 11) is 0. The van der Waals surface area contributed by atoms with Crippen molar-refractivity contribution >= 4 is 11.6 Å². The Morgan fingerprint density at radius 1 is 1.16 bits per heavy atom. The number of hydrogen-bond acceptors (Lipinski definition) is 5. The molecule has 3 rings (SSSR count). The van der Waals surface area contributed by atoms with Gasteiger partial charge in [-0.25, -0.2) is 0 Å². The van der Waals surface area contributed by atoms with Crippen LogP contribution in [-0.2, 0) is 16.0 Å². The van der Waals surface area contributed by atoms with Crippen LogP contribution in [0.3, 0.4) is 0 Å². The zero-order valence-electron chi connectivity index (χ0n) is 14.4. The monoisotopic (exact) mass is 347 g/mol. The Morgan fingerprint density at radius 2 is 1.88 bits per heavy atom. The average Bonchev–Trinajstić information content (AvgIpc) is 2.67. The molecule has 1 atom stereocenters. The number of nitro groups is 1. The maximum atomic E-state index is 12.8. The molecule has 2 aliphatic heterocycles. The second-order valence-corrected chi connectivity index (χ2v) is 6.66. The number of piperidine rings is 1. The van der Waals surface area contributed by atoms with Crippen LogP contribution >= 0.6 is 0 Å². The van der Waals surface area contributed by atoms with E-state index in [9.17, 15) is 14.9 Å². The Bertz CT molecular complexity index is 599. The highest BCUT2D eigenvalue weighted by atomic mass is 16.6. The van der Waals surface area contributed by atoms with E-state index in [1.807, 2.05) is 4.90 Å². The number of benzene rings is 1. The lowest BCUT2D eigenvalue weighted by atomic mass is 9.99. The third kappa shape index (κ3) is 4.55. The molecule has 2 fully saturated rings. The molecule has 0 saturated carbocycles. The summed E-state index contributed by atoms with van der Waals surface area (Å²) in [5.41, 5.74) is 1.18. The van der Waals surface area contributed by atoms with Gasteiger partial charge in [0.1, 0.15) is 0 Å². The van der Waals surface area contributed by atoms with Crippen LogP contribution in [0.15, 0.2) is 24.3 Å². The van der Waals surface area contributed by atoms with Gasteiger partial charge in [0.15, 0.2) is 0 Å². The van der Waals surface area contributed by atoms with Crippen LogP contribution in [0.4, 0.5) is 5.69 Å². The predicted octanol–water partition coefficient (Wildman–Crippen LogP) is 1.85. The van der Waals surface area contributed by atoms with Crippen molar-refractivity contribution in [3.05, 3.63) is 39.9 Å². The van der Waals surface area contributed by atoms with Gasteiger partial charge in [-0.05, 0) is 31.4 Å². The number of rotatable bonds is 5. The minimum Gasteiger partial charge on any atom is -0.378 e. The average molecular weight is 347 g/mol. The molecular weight excluding hydrogens is 322 g/mol. The Hall–Kier alpha value is -1.99. The highest BCUT2D eigenvalue weighted by Gasteiger charge is 2.32. The van der Waals surface area contributed by atoms with E-state index in [1.54, 1.807) is 24.3 Å². The molecule has 1 amide bonds. The van der Waals surface area contributed by atoms with E-state index in [0.29, 0.717) is 26.3 Å². The molecule has 2 heterocycles. The molecule has 7 nitrogen and oxygen atoms in total. The number of ether oxygens (including phenoxy) is 1. The van der Waals surface area contributed by atoms with Gasteiger partial charge < -0.3 is 9.64 Å². The zero-order valence-corrected chi connectivity index (χ0v) is 14.4. The van der Waals surface area contributed by atoms with Crippen LogP contribution in [0.2, 0.25) is 0 Å². The SMILES string of the molecule is O=C([C@H]1CCCCN1CCc1ccc([N+](=O)[O-])cc1)N1CCOCC1. The van der Waals surface area contributed by atoms with Crippen molar-refractivity contribution in [3.8, 4) is 0 Å². The Balaban J connectivity index is 1.58. The zero-order chi connectivity index (χ0) is 17.6. The number of nitrogens with zero attached hydrogens (tertiary/aromatic N) is 3. The number of carbonyl (C=O) groups excluding carboxylic acids is 1. The fourth-order valence-electron chi connectivity index (χ4n) is 3.59. The molecule has 1 aromatic rings. The fraction of sp³-hybridized carbons (Fsp3) is 0.611. The van der Waals surface area contributed by atoms with E-state index >= 15 is 0 Å². The van der Waals surface area contributed by atoms with Crippen LogP contribution in [0.1, 0.15) is 24.8 Å². The van der Waals surface area contributed by atoms with Gasteiger partial charge in [-0.2, -0.15) is 0 Å². The fourth-order valence-corrected chi connectivity index (χ4v) is 3.59. The van der Waals surface area contributed by atoms with Gasteiger partial charge in [-0.15, -0.1) is 0 Å². The molecule has 0 unspecified atom stereocenters. The van der Waals surface area contributed by atoms with Crippen molar-refractivity contribution in [3.63, 3.8) is 0 Å². The lowest BCUT2D eigenvalue weighted by molar-refractivity contribution is -0.384. The molecule has 7 heteroatoms. The first-order valence-corrected chi connectivity index (χ1v) is 8.99. The highest BCUT2D eigenvalue weighted by Crippen LogP contribution is 2.21. The Labute approximate surface area is 147 Å².